The molecule has 1 spiro atoms. The van der Waals surface area contributed by atoms with Crippen LogP contribution < -0.4 is 0 Å². The summed E-state index contributed by atoms with van der Waals surface area (Å²) in [5, 5.41) is 0.774. The van der Waals surface area contributed by atoms with Gasteiger partial charge in [-0.2, -0.15) is 0 Å². The molecule has 0 bridgehead atoms. The third-order valence-electron chi connectivity index (χ3n) is 6.93. The number of benzene rings is 1. The molecule has 30 heavy (non-hydrogen) atoms. The van der Waals surface area contributed by atoms with Crippen molar-refractivity contribution >= 4 is 41.4 Å². The molecule has 2 aliphatic heterocycles. The summed E-state index contributed by atoms with van der Waals surface area (Å²) in [6.45, 7) is 3.62. The van der Waals surface area contributed by atoms with Gasteiger partial charge in [-0.3, -0.25) is 19.4 Å². The number of rotatable bonds is 6. The second-order valence-electron chi connectivity index (χ2n) is 8.99. The van der Waals surface area contributed by atoms with E-state index in [0.29, 0.717) is 19.4 Å². The maximum atomic E-state index is 12.5. The van der Waals surface area contributed by atoms with Crippen LogP contribution in [-0.2, 0) is 9.59 Å². The molecule has 1 aromatic carbocycles. The van der Waals surface area contributed by atoms with Gasteiger partial charge in [0.2, 0.25) is 11.8 Å². The second kappa shape index (κ2) is 10.3. The van der Waals surface area contributed by atoms with E-state index in [4.69, 9.17) is 11.6 Å². The van der Waals surface area contributed by atoms with Crippen LogP contribution in [-0.4, -0.2) is 47.8 Å². The van der Waals surface area contributed by atoms with Gasteiger partial charge in [0.15, 0.2) is 0 Å². The van der Waals surface area contributed by atoms with E-state index in [1.165, 1.54) is 28.9 Å². The fourth-order valence-corrected chi connectivity index (χ4v) is 5.33. The SMILES string of the molecule is Cl.O=C1CC2(CCCC2)CC(=O)N1CCCCN1CC=C(c2ccc(Cl)cc2)CC1. The number of hydrogen-bond donors (Lipinski definition) is 0. The minimum absolute atomic E-state index is 0. The number of piperidine rings is 1. The number of halogens is 2. The first-order valence-corrected chi connectivity index (χ1v) is 11.4. The topological polar surface area (TPSA) is 40.6 Å². The first-order chi connectivity index (χ1) is 14.0. The molecule has 2 heterocycles. The van der Waals surface area contributed by atoms with Crippen LogP contribution in [0.15, 0.2) is 30.3 Å². The Kier molecular flexibility index (Phi) is 8.00. The number of likely N-dealkylation sites (tertiary alicyclic amines) is 1. The van der Waals surface area contributed by atoms with E-state index in [-0.39, 0.29) is 29.6 Å². The fourth-order valence-electron chi connectivity index (χ4n) is 5.21. The molecule has 1 saturated heterocycles. The quantitative estimate of drug-likeness (QED) is 0.433. The zero-order chi connectivity index (χ0) is 20.3. The smallest absolute Gasteiger partial charge is 0.229 e. The highest BCUT2D eigenvalue weighted by atomic mass is 35.5. The Morgan fingerprint density at radius 1 is 0.933 bits per heavy atom. The van der Waals surface area contributed by atoms with Gasteiger partial charge >= 0.3 is 0 Å². The van der Waals surface area contributed by atoms with Crippen molar-refractivity contribution < 1.29 is 9.59 Å². The van der Waals surface area contributed by atoms with Crippen LogP contribution in [0.1, 0.15) is 63.4 Å². The summed E-state index contributed by atoms with van der Waals surface area (Å²) >= 11 is 5.98. The van der Waals surface area contributed by atoms with E-state index in [2.05, 4.69) is 23.1 Å². The fraction of sp³-hybridized carbons (Fsp3) is 0.583. The predicted molar refractivity (Wildman–Crippen MR) is 124 cm³/mol. The van der Waals surface area contributed by atoms with E-state index < -0.39 is 0 Å². The molecule has 2 amide bonds. The number of imide groups is 1. The summed E-state index contributed by atoms with van der Waals surface area (Å²) in [7, 11) is 0. The van der Waals surface area contributed by atoms with Crippen LogP contribution in [0.2, 0.25) is 5.02 Å². The van der Waals surface area contributed by atoms with Crippen molar-refractivity contribution in [2.24, 2.45) is 5.41 Å². The lowest BCUT2D eigenvalue weighted by Crippen LogP contribution is -2.47. The average Bonchev–Trinajstić information content (AvgIpc) is 3.15. The maximum absolute atomic E-state index is 12.5. The normalized spacial score (nSPS) is 21.6. The monoisotopic (exact) mass is 450 g/mol. The van der Waals surface area contributed by atoms with E-state index >= 15 is 0 Å². The van der Waals surface area contributed by atoms with Crippen LogP contribution in [0, 0.1) is 5.41 Å². The van der Waals surface area contributed by atoms with Crippen LogP contribution in [0.4, 0.5) is 0 Å². The maximum Gasteiger partial charge on any atom is 0.229 e. The van der Waals surface area contributed by atoms with Gasteiger partial charge in [-0.15, -0.1) is 12.4 Å². The van der Waals surface area contributed by atoms with Gasteiger partial charge in [0, 0.05) is 37.5 Å². The van der Waals surface area contributed by atoms with E-state index in [1.54, 1.807) is 0 Å². The highest BCUT2D eigenvalue weighted by Gasteiger charge is 2.44. The van der Waals surface area contributed by atoms with E-state index in [0.717, 1.165) is 56.8 Å². The number of carbonyl (C=O) groups excluding carboxylic acids is 2. The molecule has 164 valence electrons. The number of hydrogen-bond acceptors (Lipinski definition) is 3. The lowest BCUT2D eigenvalue weighted by molar-refractivity contribution is -0.153. The molecule has 4 nitrogen and oxygen atoms in total. The molecule has 1 saturated carbocycles. The van der Waals surface area contributed by atoms with E-state index in [1.807, 2.05) is 12.1 Å². The van der Waals surface area contributed by atoms with Gasteiger partial charge in [-0.1, -0.05) is 42.7 Å². The first kappa shape index (κ1) is 23.3. The van der Waals surface area contributed by atoms with Crippen molar-refractivity contribution in [1.82, 2.24) is 9.80 Å². The molecule has 6 heteroatoms. The summed E-state index contributed by atoms with van der Waals surface area (Å²) in [6.07, 6.45) is 10.9. The van der Waals surface area contributed by atoms with Crippen molar-refractivity contribution in [2.75, 3.05) is 26.2 Å². The number of unbranched alkanes of at least 4 members (excludes halogenated alkanes) is 1. The first-order valence-electron chi connectivity index (χ1n) is 11.1. The molecule has 1 aliphatic carbocycles. The van der Waals surface area contributed by atoms with Gasteiger partial charge < -0.3 is 0 Å². The Bertz CT molecular complexity index is 765. The van der Waals surface area contributed by atoms with Crippen LogP contribution in [0.3, 0.4) is 0 Å². The zero-order valence-corrected chi connectivity index (χ0v) is 19.1. The number of carbonyl (C=O) groups is 2. The molecule has 4 rings (SSSR count). The third kappa shape index (κ3) is 5.46. The molecule has 2 fully saturated rings. The standard InChI is InChI=1S/C24H31ClN2O2.ClH/c25-21-7-5-19(6-8-21)20-9-15-26(16-10-20)13-3-4-14-27-22(28)17-24(18-23(27)29)11-1-2-12-24;/h5-9H,1-4,10-18H2;1H. The lowest BCUT2D eigenvalue weighted by atomic mass is 9.76. The lowest BCUT2D eigenvalue weighted by Gasteiger charge is -2.37. The van der Waals surface area contributed by atoms with Gasteiger partial charge in [-0.05, 0) is 67.3 Å². The Labute approximate surface area is 191 Å². The molecule has 0 unspecified atom stereocenters. The van der Waals surface area contributed by atoms with E-state index in [9.17, 15) is 9.59 Å². The average molecular weight is 451 g/mol. The Hall–Kier alpha value is -1.36. The number of nitrogens with zero attached hydrogens (tertiary/aromatic N) is 2. The largest absolute Gasteiger partial charge is 0.299 e. The Morgan fingerprint density at radius 3 is 2.17 bits per heavy atom. The van der Waals surface area contributed by atoms with Crippen LogP contribution in [0.5, 0.6) is 0 Å². The Balaban J connectivity index is 0.00000256. The zero-order valence-electron chi connectivity index (χ0n) is 17.6. The van der Waals surface area contributed by atoms with Crippen LogP contribution in [0.25, 0.3) is 5.57 Å². The third-order valence-corrected chi connectivity index (χ3v) is 7.19. The summed E-state index contributed by atoms with van der Waals surface area (Å²) in [5.74, 6) is 0.133. The molecular formula is C24H32Cl2N2O2. The van der Waals surface area contributed by atoms with Crippen molar-refractivity contribution in [1.29, 1.82) is 0 Å². The minimum Gasteiger partial charge on any atom is -0.299 e. The predicted octanol–water partition coefficient (Wildman–Crippen LogP) is 5.34. The van der Waals surface area contributed by atoms with Crippen molar-refractivity contribution in [3.05, 3.63) is 40.9 Å². The summed E-state index contributed by atoms with van der Waals surface area (Å²) in [4.78, 5) is 29.1. The highest BCUT2D eigenvalue weighted by Crippen LogP contribution is 2.46. The summed E-state index contributed by atoms with van der Waals surface area (Å²) < 4.78 is 0. The molecule has 0 radical (unpaired) electrons. The van der Waals surface area contributed by atoms with Crippen LogP contribution >= 0.6 is 24.0 Å². The second-order valence-corrected chi connectivity index (χ2v) is 9.43. The minimum atomic E-state index is 0. The molecule has 0 N–H and O–H groups in total. The molecule has 0 atom stereocenters. The molecule has 3 aliphatic rings. The number of amides is 2. The van der Waals surface area contributed by atoms with Gasteiger partial charge in [-0.25, -0.2) is 0 Å². The molecule has 1 aromatic rings. The van der Waals surface area contributed by atoms with Crippen molar-refractivity contribution in [3.63, 3.8) is 0 Å². The van der Waals surface area contributed by atoms with Gasteiger partial charge in [0.05, 0.1) is 0 Å². The molecular weight excluding hydrogens is 419 g/mol. The van der Waals surface area contributed by atoms with Crippen molar-refractivity contribution in [2.45, 2.75) is 57.8 Å². The summed E-state index contributed by atoms with van der Waals surface area (Å²) in [6, 6.07) is 8.07. The summed E-state index contributed by atoms with van der Waals surface area (Å²) in [5.41, 5.74) is 2.66. The van der Waals surface area contributed by atoms with Gasteiger partial charge in [0.25, 0.3) is 0 Å². The van der Waals surface area contributed by atoms with Crippen molar-refractivity contribution in [3.8, 4) is 0 Å². The molecule has 0 aromatic heterocycles. The van der Waals surface area contributed by atoms with Gasteiger partial charge in [0.1, 0.15) is 0 Å². The highest BCUT2D eigenvalue weighted by molar-refractivity contribution is 6.30. The Morgan fingerprint density at radius 2 is 1.57 bits per heavy atom.